The summed E-state index contributed by atoms with van der Waals surface area (Å²) >= 11 is 0. The monoisotopic (exact) mass is 288 g/mol. The van der Waals surface area contributed by atoms with Gasteiger partial charge in [0.15, 0.2) is 0 Å². The average Bonchev–Trinajstić information content (AvgIpc) is 3.07. The fraction of sp³-hybridized carbons (Fsp3) is 0.667. The standard InChI is InChI=1S/C18H28N2O/c1-20(16-5-3-4-6-16)18(13-19)10-9-14-7-8-17(21-2)11-15(14)12-18/h7-8,11,16H,3-6,9-10,12-13,19H2,1-2H3. The Morgan fingerprint density at radius 1 is 1.29 bits per heavy atom. The van der Waals surface area contributed by atoms with Crippen molar-refractivity contribution in [3.63, 3.8) is 0 Å². The Balaban J connectivity index is 1.86. The number of hydrogen-bond acceptors (Lipinski definition) is 3. The van der Waals surface area contributed by atoms with Crippen LogP contribution >= 0.6 is 0 Å². The van der Waals surface area contributed by atoms with Gasteiger partial charge in [-0.15, -0.1) is 0 Å². The lowest BCUT2D eigenvalue weighted by atomic mass is 9.76. The van der Waals surface area contributed by atoms with Crippen molar-refractivity contribution in [2.45, 2.75) is 56.5 Å². The van der Waals surface area contributed by atoms with Crippen molar-refractivity contribution in [3.8, 4) is 5.75 Å². The molecule has 3 rings (SSSR count). The number of likely N-dealkylation sites (N-methyl/N-ethyl adjacent to an activating group) is 1. The molecule has 1 atom stereocenters. The molecule has 0 heterocycles. The van der Waals surface area contributed by atoms with Gasteiger partial charge in [0.2, 0.25) is 0 Å². The minimum absolute atomic E-state index is 0.133. The van der Waals surface area contributed by atoms with Crippen LogP contribution in [-0.2, 0) is 12.8 Å². The Kier molecular flexibility index (Phi) is 4.23. The number of aryl methyl sites for hydroxylation is 1. The predicted octanol–water partition coefficient (Wildman–Crippen LogP) is 2.76. The number of benzene rings is 1. The highest BCUT2D eigenvalue weighted by atomic mass is 16.5. The first-order chi connectivity index (χ1) is 10.2. The number of hydrogen-bond donors (Lipinski definition) is 1. The maximum atomic E-state index is 6.26. The lowest BCUT2D eigenvalue weighted by Crippen LogP contribution is -2.58. The summed E-state index contributed by atoms with van der Waals surface area (Å²) in [6.45, 7) is 0.747. The van der Waals surface area contributed by atoms with Crippen molar-refractivity contribution in [1.29, 1.82) is 0 Å². The molecule has 0 bridgehead atoms. The summed E-state index contributed by atoms with van der Waals surface area (Å²) in [5.41, 5.74) is 9.29. The highest BCUT2D eigenvalue weighted by Crippen LogP contribution is 2.37. The molecule has 0 aromatic heterocycles. The molecule has 1 aromatic rings. The van der Waals surface area contributed by atoms with Crippen molar-refractivity contribution in [1.82, 2.24) is 4.90 Å². The smallest absolute Gasteiger partial charge is 0.119 e. The fourth-order valence-electron chi connectivity index (χ4n) is 4.25. The summed E-state index contributed by atoms with van der Waals surface area (Å²) in [5, 5.41) is 0. The lowest BCUT2D eigenvalue weighted by Gasteiger charge is -2.47. The Labute approximate surface area is 128 Å². The fourth-order valence-corrected chi connectivity index (χ4v) is 4.25. The van der Waals surface area contributed by atoms with Crippen LogP contribution in [0.3, 0.4) is 0 Å². The number of fused-ring (bicyclic) bond motifs is 1. The molecule has 1 saturated carbocycles. The third-order valence-electron chi connectivity index (χ3n) is 5.79. The van der Waals surface area contributed by atoms with Gasteiger partial charge in [0, 0.05) is 18.1 Å². The molecule has 1 unspecified atom stereocenters. The largest absolute Gasteiger partial charge is 0.497 e. The molecule has 21 heavy (non-hydrogen) atoms. The Hall–Kier alpha value is -1.06. The predicted molar refractivity (Wildman–Crippen MR) is 86.8 cm³/mol. The molecule has 3 nitrogen and oxygen atoms in total. The van der Waals surface area contributed by atoms with Gasteiger partial charge in [0.1, 0.15) is 5.75 Å². The second kappa shape index (κ2) is 5.98. The van der Waals surface area contributed by atoms with E-state index in [0.717, 1.165) is 31.2 Å². The Morgan fingerprint density at radius 3 is 2.71 bits per heavy atom. The van der Waals surface area contributed by atoms with Crippen molar-refractivity contribution in [3.05, 3.63) is 29.3 Å². The molecule has 116 valence electrons. The molecule has 0 amide bonds. The van der Waals surface area contributed by atoms with Gasteiger partial charge in [0.05, 0.1) is 7.11 Å². The molecule has 0 aliphatic heterocycles. The van der Waals surface area contributed by atoms with Gasteiger partial charge in [-0.05, 0) is 62.4 Å². The molecule has 2 aliphatic carbocycles. The number of nitrogens with two attached hydrogens (primary N) is 1. The van der Waals surface area contributed by atoms with Gasteiger partial charge in [-0.25, -0.2) is 0 Å². The van der Waals surface area contributed by atoms with Crippen LogP contribution in [0.2, 0.25) is 0 Å². The van der Waals surface area contributed by atoms with Gasteiger partial charge in [0.25, 0.3) is 0 Å². The van der Waals surface area contributed by atoms with Gasteiger partial charge in [-0.3, -0.25) is 4.90 Å². The first-order valence-electron chi connectivity index (χ1n) is 8.27. The number of rotatable bonds is 4. The first-order valence-corrected chi connectivity index (χ1v) is 8.27. The SMILES string of the molecule is COc1ccc2c(c1)CC(CN)(N(C)C1CCCC1)CC2. The first kappa shape index (κ1) is 14.9. The highest BCUT2D eigenvalue weighted by Gasteiger charge is 2.40. The minimum atomic E-state index is 0.133. The molecule has 0 saturated heterocycles. The molecular weight excluding hydrogens is 260 g/mol. The second-order valence-corrected chi connectivity index (χ2v) is 6.79. The highest BCUT2D eigenvalue weighted by molar-refractivity contribution is 5.39. The summed E-state index contributed by atoms with van der Waals surface area (Å²) in [5.74, 6) is 0.963. The summed E-state index contributed by atoms with van der Waals surface area (Å²) < 4.78 is 5.40. The number of nitrogens with zero attached hydrogens (tertiary/aromatic N) is 1. The van der Waals surface area contributed by atoms with Gasteiger partial charge in [-0.1, -0.05) is 18.9 Å². The molecule has 2 N–H and O–H groups in total. The van der Waals surface area contributed by atoms with Crippen LogP contribution in [0.25, 0.3) is 0 Å². The zero-order valence-corrected chi connectivity index (χ0v) is 13.4. The van der Waals surface area contributed by atoms with Gasteiger partial charge in [-0.2, -0.15) is 0 Å². The van der Waals surface area contributed by atoms with Crippen LogP contribution in [0, 0.1) is 0 Å². The van der Waals surface area contributed by atoms with Crippen LogP contribution in [0.4, 0.5) is 0 Å². The molecule has 1 fully saturated rings. The molecule has 1 aromatic carbocycles. The van der Waals surface area contributed by atoms with Gasteiger partial charge >= 0.3 is 0 Å². The Morgan fingerprint density at radius 2 is 2.05 bits per heavy atom. The van der Waals surface area contributed by atoms with E-state index in [4.69, 9.17) is 10.5 Å². The summed E-state index contributed by atoms with van der Waals surface area (Å²) in [4.78, 5) is 2.61. The van der Waals surface area contributed by atoms with E-state index in [-0.39, 0.29) is 5.54 Å². The van der Waals surface area contributed by atoms with E-state index in [2.05, 4.69) is 30.1 Å². The van der Waals surface area contributed by atoms with Crippen LogP contribution in [-0.4, -0.2) is 37.2 Å². The maximum absolute atomic E-state index is 6.26. The topological polar surface area (TPSA) is 38.5 Å². The molecule has 2 aliphatic rings. The number of methoxy groups -OCH3 is 1. The van der Waals surface area contributed by atoms with E-state index in [1.807, 2.05) is 0 Å². The van der Waals surface area contributed by atoms with E-state index < -0.39 is 0 Å². The van der Waals surface area contributed by atoms with Crippen molar-refractivity contribution in [2.24, 2.45) is 5.73 Å². The summed E-state index contributed by atoms with van der Waals surface area (Å²) in [6.07, 6.45) is 8.79. The second-order valence-electron chi connectivity index (χ2n) is 6.79. The van der Waals surface area contributed by atoms with E-state index in [1.165, 1.54) is 43.2 Å². The Bertz CT molecular complexity index is 496. The zero-order valence-electron chi connectivity index (χ0n) is 13.4. The number of ether oxygens (including phenoxy) is 1. The third kappa shape index (κ3) is 2.69. The lowest BCUT2D eigenvalue weighted by molar-refractivity contribution is 0.0657. The van der Waals surface area contributed by atoms with Crippen molar-refractivity contribution in [2.75, 3.05) is 20.7 Å². The average molecular weight is 288 g/mol. The maximum Gasteiger partial charge on any atom is 0.119 e. The van der Waals surface area contributed by atoms with Crippen molar-refractivity contribution >= 4 is 0 Å². The summed E-state index contributed by atoms with van der Waals surface area (Å²) in [7, 11) is 4.04. The van der Waals surface area contributed by atoms with E-state index >= 15 is 0 Å². The van der Waals surface area contributed by atoms with Gasteiger partial charge < -0.3 is 10.5 Å². The molecule has 0 spiro atoms. The van der Waals surface area contributed by atoms with Crippen LogP contribution < -0.4 is 10.5 Å². The van der Waals surface area contributed by atoms with Crippen LogP contribution in [0.15, 0.2) is 18.2 Å². The normalized spacial score (nSPS) is 26.1. The third-order valence-corrected chi connectivity index (χ3v) is 5.79. The quantitative estimate of drug-likeness (QED) is 0.926. The van der Waals surface area contributed by atoms with E-state index in [0.29, 0.717) is 0 Å². The molecule has 3 heteroatoms. The van der Waals surface area contributed by atoms with Crippen LogP contribution in [0.5, 0.6) is 5.75 Å². The van der Waals surface area contributed by atoms with E-state index in [1.54, 1.807) is 7.11 Å². The summed E-state index contributed by atoms with van der Waals surface area (Å²) in [6, 6.07) is 7.24. The molecular formula is C18H28N2O. The minimum Gasteiger partial charge on any atom is -0.497 e. The van der Waals surface area contributed by atoms with Crippen LogP contribution in [0.1, 0.15) is 43.2 Å². The van der Waals surface area contributed by atoms with E-state index in [9.17, 15) is 0 Å². The van der Waals surface area contributed by atoms with Crippen molar-refractivity contribution < 1.29 is 4.74 Å². The zero-order chi connectivity index (χ0) is 14.9. The molecule has 0 radical (unpaired) electrons.